The maximum Gasteiger partial charge on any atom is 0.0300 e. The molecule has 0 aromatic carbocycles. The topological polar surface area (TPSA) is 29.3 Å². The summed E-state index contributed by atoms with van der Waals surface area (Å²) in [4.78, 5) is 2.26. The molecule has 0 aliphatic heterocycles. The summed E-state index contributed by atoms with van der Waals surface area (Å²) in [5, 5.41) is 0. The van der Waals surface area contributed by atoms with Crippen molar-refractivity contribution in [3.8, 4) is 0 Å². The van der Waals surface area contributed by atoms with Gasteiger partial charge >= 0.3 is 0 Å². The third-order valence-corrected chi connectivity index (χ3v) is 4.13. The van der Waals surface area contributed by atoms with Gasteiger partial charge in [0, 0.05) is 11.6 Å². The van der Waals surface area contributed by atoms with E-state index in [1.807, 2.05) is 0 Å². The Labute approximate surface area is 88.8 Å². The summed E-state index contributed by atoms with van der Waals surface area (Å²) in [6, 6.07) is 0.317. The molecule has 1 unspecified atom stereocenters. The van der Waals surface area contributed by atoms with Crippen LogP contribution in [0.25, 0.3) is 0 Å². The van der Waals surface area contributed by atoms with Crippen molar-refractivity contribution >= 4 is 0 Å². The molecule has 0 heterocycles. The van der Waals surface area contributed by atoms with Crippen molar-refractivity contribution in [1.82, 2.24) is 4.90 Å². The first-order valence-electron chi connectivity index (χ1n) is 5.89. The van der Waals surface area contributed by atoms with Gasteiger partial charge in [0.1, 0.15) is 0 Å². The van der Waals surface area contributed by atoms with Gasteiger partial charge in [0.25, 0.3) is 0 Å². The molecule has 84 valence electrons. The molecule has 14 heavy (non-hydrogen) atoms. The minimum absolute atomic E-state index is 0.127. The van der Waals surface area contributed by atoms with Gasteiger partial charge in [-0.1, -0.05) is 19.3 Å². The first-order chi connectivity index (χ1) is 6.46. The maximum atomic E-state index is 6.39. The van der Waals surface area contributed by atoms with Crippen LogP contribution in [0.1, 0.15) is 46.0 Å². The van der Waals surface area contributed by atoms with Gasteiger partial charge in [-0.3, -0.25) is 0 Å². The lowest BCUT2D eigenvalue weighted by molar-refractivity contribution is 0.110. The quantitative estimate of drug-likeness (QED) is 0.753. The number of likely N-dealkylation sites (N-methyl/N-ethyl adjacent to an activating group) is 1. The normalized spacial score (nSPS) is 22.7. The molecule has 0 aromatic rings. The van der Waals surface area contributed by atoms with Gasteiger partial charge in [-0.15, -0.1) is 0 Å². The van der Waals surface area contributed by atoms with Crippen molar-refractivity contribution < 1.29 is 0 Å². The van der Waals surface area contributed by atoms with Crippen LogP contribution in [0.2, 0.25) is 0 Å². The van der Waals surface area contributed by atoms with E-state index in [0.29, 0.717) is 6.04 Å². The van der Waals surface area contributed by atoms with E-state index >= 15 is 0 Å². The Morgan fingerprint density at radius 2 is 1.64 bits per heavy atom. The number of nitrogens with two attached hydrogens (primary N) is 1. The van der Waals surface area contributed by atoms with E-state index in [1.165, 1.54) is 32.1 Å². The molecule has 0 amide bonds. The summed E-state index contributed by atoms with van der Waals surface area (Å²) in [5.41, 5.74) is 6.51. The smallest absolute Gasteiger partial charge is 0.0300 e. The van der Waals surface area contributed by atoms with Crippen molar-refractivity contribution in [3.63, 3.8) is 0 Å². The van der Waals surface area contributed by atoms with Gasteiger partial charge in [0.2, 0.25) is 0 Å². The summed E-state index contributed by atoms with van der Waals surface area (Å²) < 4.78 is 0. The summed E-state index contributed by atoms with van der Waals surface area (Å²) in [7, 11) is 4.26. The molecule has 1 fully saturated rings. The number of hydrogen-bond acceptors (Lipinski definition) is 2. The molecule has 0 radical (unpaired) electrons. The van der Waals surface area contributed by atoms with Gasteiger partial charge in [0.05, 0.1) is 0 Å². The van der Waals surface area contributed by atoms with Crippen LogP contribution in [0.4, 0.5) is 0 Å². The van der Waals surface area contributed by atoms with E-state index in [1.54, 1.807) is 0 Å². The Kier molecular flexibility index (Phi) is 3.96. The lowest BCUT2D eigenvalue weighted by Crippen LogP contribution is -2.56. The Morgan fingerprint density at radius 1 is 1.14 bits per heavy atom. The molecular weight excluding hydrogens is 172 g/mol. The molecule has 2 N–H and O–H groups in total. The summed E-state index contributed by atoms with van der Waals surface area (Å²) in [6.45, 7) is 4.51. The molecule has 2 heteroatoms. The first kappa shape index (κ1) is 12.0. The molecule has 1 saturated carbocycles. The molecule has 2 nitrogen and oxygen atoms in total. The highest BCUT2D eigenvalue weighted by molar-refractivity contribution is 4.93. The van der Waals surface area contributed by atoms with Crippen molar-refractivity contribution in [2.24, 2.45) is 11.7 Å². The third kappa shape index (κ3) is 2.48. The average molecular weight is 198 g/mol. The molecule has 1 aliphatic carbocycles. The van der Waals surface area contributed by atoms with Crippen molar-refractivity contribution in [2.45, 2.75) is 57.5 Å². The second-order valence-corrected chi connectivity index (χ2v) is 5.47. The highest BCUT2D eigenvalue weighted by Gasteiger charge is 2.34. The van der Waals surface area contributed by atoms with Gasteiger partial charge in [-0.25, -0.2) is 0 Å². The van der Waals surface area contributed by atoms with Crippen LogP contribution in [0.3, 0.4) is 0 Å². The predicted molar refractivity (Wildman–Crippen MR) is 62.3 cm³/mol. The van der Waals surface area contributed by atoms with Crippen LogP contribution in [-0.4, -0.2) is 30.6 Å². The Bertz CT molecular complexity index is 169. The monoisotopic (exact) mass is 198 g/mol. The van der Waals surface area contributed by atoms with Crippen molar-refractivity contribution in [3.05, 3.63) is 0 Å². The van der Waals surface area contributed by atoms with Crippen LogP contribution in [0.5, 0.6) is 0 Å². The minimum atomic E-state index is 0.127. The Balaban J connectivity index is 2.57. The standard InChI is InChI=1S/C12H26N2/c1-12(2,14(3)4)11(13)10-8-6-5-7-9-10/h10-11H,5-9,13H2,1-4H3. The zero-order valence-electron chi connectivity index (χ0n) is 10.2. The molecule has 1 aliphatic rings. The molecule has 0 saturated heterocycles. The lowest BCUT2D eigenvalue weighted by atomic mass is 9.76. The Hall–Kier alpha value is -0.0800. The van der Waals surface area contributed by atoms with Crippen molar-refractivity contribution in [1.29, 1.82) is 0 Å². The van der Waals surface area contributed by atoms with E-state index in [4.69, 9.17) is 5.73 Å². The van der Waals surface area contributed by atoms with Gasteiger partial charge in [-0.2, -0.15) is 0 Å². The van der Waals surface area contributed by atoms with Crippen LogP contribution >= 0.6 is 0 Å². The van der Waals surface area contributed by atoms with E-state index < -0.39 is 0 Å². The van der Waals surface area contributed by atoms with E-state index in [9.17, 15) is 0 Å². The van der Waals surface area contributed by atoms with Crippen LogP contribution in [-0.2, 0) is 0 Å². The lowest BCUT2D eigenvalue weighted by Gasteiger charge is -2.43. The third-order valence-electron chi connectivity index (χ3n) is 4.13. The van der Waals surface area contributed by atoms with Gasteiger partial charge < -0.3 is 10.6 Å². The highest BCUT2D eigenvalue weighted by Crippen LogP contribution is 2.31. The highest BCUT2D eigenvalue weighted by atomic mass is 15.2. The second-order valence-electron chi connectivity index (χ2n) is 5.47. The van der Waals surface area contributed by atoms with E-state index in [0.717, 1.165) is 5.92 Å². The zero-order chi connectivity index (χ0) is 10.8. The summed E-state index contributed by atoms with van der Waals surface area (Å²) in [5.74, 6) is 0.737. The van der Waals surface area contributed by atoms with E-state index in [-0.39, 0.29) is 5.54 Å². The molecule has 1 rings (SSSR count). The number of rotatable bonds is 3. The van der Waals surface area contributed by atoms with E-state index in [2.05, 4.69) is 32.8 Å². The molecular formula is C12H26N2. The van der Waals surface area contributed by atoms with Crippen LogP contribution in [0, 0.1) is 5.92 Å². The fraction of sp³-hybridized carbons (Fsp3) is 1.00. The van der Waals surface area contributed by atoms with Gasteiger partial charge in [-0.05, 0) is 46.7 Å². The SMILES string of the molecule is CN(C)C(C)(C)C(N)C1CCCCC1. The summed E-state index contributed by atoms with van der Waals surface area (Å²) >= 11 is 0. The molecule has 0 spiro atoms. The number of hydrogen-bond donors (Lipinski definition) is 1. The molecule has 0 bridgehead atoms. The minimum Gasteiger partial charge on any atom is -0.326 e. The fourth-order valence-corrected chi connectivity index (χ4v) is 2.37. The number of nitrogens with zero attached hydrogens (tertiary/aromatic N) is 1. The fourth-order valence-electron chi connectivity index (χ4n) is 2.37. The molecule has 1 atom stereocenters. The Morgan fingerprint density at radius 3 is 2.07 bits per heavy atom. The largest absolute Gasteiger partial charge is 0.326 e. The second kappa shape index (κ2) is 4.63. The van der Waals surface area contributed by atoms with Crippen molar-refractivity contribution in [2.75, 3.05) is 14.1 Å². The van der Waals surface area contributed by atoms with Crippen LogP contribution < -0.4 is 5.73 Å². The maximum absolute atomic E-state index is 6.39. The molecule has 0 aromatic heterocycles. The van der Waals surface area contributed by atoms with Gasteiger partial charge in [0.15, 0.2) is 0 Å². The first-order valence-corrected chi connectivity index (χ1v) is 5.89. The predicted octanol–water partition coefficient (Wildman–Crippen LogP) is 2.23. The summed E-state index contributed by atoms with van der Waals surface area (Å²) in [6.07, 6.45) is 6.83. The average Bonchev–Trinajstić information content (AvgIpc) is 2.17. The zero-order valence-corrected chi connectivity index (χ0v) is 10.2. The van der Waals surface area contributed by atoms with Crippen LogP contribution in [0.15, 0.2) is 0 Å².